The number of hydrogen-bond acceptors (Lipinski definition) is 3. The highest BCUT2D eigenvalue weighted by Crippen LogP contribution is 2.36. The van der Waals surface area contributed by atoms with Gasteiger partial charge in [0.25, 0.3) is 0 Å². The van der Waals surface area contributed by atoms with Gasteiger partial charge in [-0.05, 0) is 19.1 Å². The first-order chi connectivity index (χ1) is 7.73. The lowest BCUT2D eigenvalue weighted by Crippen LogP contribution is -2.31. The zero-order valence-corrected chi connectivity index (χ0v) is 9.25. The summed E-state index contributed by atoms with van der Waals surface area (Å²) < 4.78 is 41.2. The molecule has 0 aromatic heterocycles. The van der Waals surface area contributed by atoms with Gasteiger partial charge in [0.1, 0.15) is 5.02 Å². The van der Waals surface area contributed by atoms with Gasteiger partial charge in [0.05, 0.1) is 4.92 Å². The SMILES string of the molecule is CC(Oc1cccc(Cl)c1[N+](=O)[O-])C(F)(F)F. The number of para-hydroxylation sites is 1. The number of benzene rings is 1. The van der Waals surface area contributed by atoms with E-state index in [1.807, 2.05) is 0 Å². The molecule has 0 N–H and O–H groups in total. The Balaban J connectivity index is 3.07. The molecule has 4 nitrogen and oxygen atoms in total. The molecular weight excluding hydrogens is 263 g/mol. The van der Waals surface area contributed by atoms with E-state index >= 15 is 0 Å². The molecule has 0 fully saturated rings. The molecule has 94 valence electrons. The van der Waals surface area contributed by atoms with Crippen molar-refractivity contribution in [3.05, 3.63) is 33.3 Å². The quantitative estimate of drug-likeness (QED) is 0.622. The second kappa shape index (κ2) is 4.79. The molecule has 0 radical (unpaired) electrons. The minimum atomic E-state index is -4.60. The van der Waals surface area contributed by atoms with Gasteiger partial charge in [0.2, 0.25) is 0 Å². The predicted molar refractivity (Wildman–Crippen MR) is 54.3 cm³/mol. The van der Waals surface area contributed by atoms with Gasteiger partial charge in [-0.25, -0.2) is 0 Å². The van der Waals surface area contributed by atoms with Crippen LogP contribution in [0.15, 0.2) is 18.2 Å². The zero-order chi connectivity index (χ0) is 13.2. The maximum absolute atomic E-state index is 12.2. The first-order valence-corrected chi connectivity index (χ1v) is 4.77. The van der Waals surface area contributed by atoms with Gasteiger partial charge in [0.15, 0.2) is 11.9 Å². The highest BCUT2D eigenvalue weighted by Gasteiger charge is 2.39. The molecule has 1 rings (SSSR count). The molecule has 1 aromatic rings. The first kappa shape index (κ1) is 13.6. The molecule has 8 heteroatoms. The average molecular weight is 270 g/mol. The Kier molecular flexibility index (Phi) is 3.82. The van der Waals surface area contributed by atoms with Gasteiger partial charge >= 0.3 is 11.9 Å². The molecular formula is C9H7ClF3NO3. The molecule has 0 aliphatic heterocycles. The van der Waals surface area contributed by atoms with Crippen LogP contribution < -0.4 is 4.74 Å². The molecule has 17 heavy (non-hydrogen) atoms. The highest BCUT2D eigenvalue weighted by atomic mass is 35.5. The van der Waals surface area contributed by atoms with Gasteiger partial charge in [0, 0.05) is 0 Å². The summed E-state index contributed by atoms with van der Waals surface area (Å²) >= 11 is 5.52. The molecule has 0 bridgehead atoms. The number of halogens is 4. The summed E-state index contributed by atoms with van der Waals surface area (Å²) in [5.41, 5.74) is -0.676. The number of nitro benzene ring substituents is 1. The van der Waals surface area contributed by atoms with Crippen molar-refractivity contribution in [1.82, 2.24) is 0 Å². The van der Waals surface area contributed by atoms with Crippen molar-refractivity contribution in [1.29, 1.82) is 0 Å². The number of ether oxygens (including phenoxy) is 1. The fourth-order valence-corrected chi connectivity index (χ4v) is 1.26. The van der Waals surface area contributed by atoms with Crippen LogP contribution in [0.25, 0.3) is 0 Å². The normalized spacial score (nSPS) is 13.2. The smallest absolute Gasteiger partial charge is 0.425 e. The van der Waals surface area contributed by atoms with E-state index in [1.54, 1.807) is 0 Å². The summed E-state index contributed by atoms with van der Waals surface area (Å²) in [6.45, 7) is 0.755. The van der Waals surface area contributed by atoms with Crippen LogP contribution in [0.2, 0.25) is 5.02 Å². The Morgan fingerprint density at radius 1 is 1.47 bits per heavy atom. The summed E-state index contributed by atoms with van der Waals surface area (Å²) in [5, 5.41) is 10.4. The van der Waals surface area contributed by atoms with Crippen LogP contribution in [0.4, 0.5) is 18.9 Å². The van der Waals surface area contributed by atoms with E-state index in [0.717, 1.165) is 13.0 Å². The molecule has 0 aliphatic rings. The van der Waals surface area contributed by atoms with Crippen LogP contribution >= 0.6 is 11.6 Å². The van der Waals surface area contributed by atoms with Crippen molar-refractivity contribution in [3.8, 4) is 5.75 Å². The summed E-state index contributed by atoms with van der Waals surface area (Å²) in [6, 6.07) is 3.53. The summed E-state index contributed by atoms with van der Waals surface area (Å²) in [7, 11) is 0. The molecule has 0 spiro atoms. The fraction of sp³-hybridized carbons (Fsp3) is 0.333. The van der Waals surface area contributed by atoms with Crippen molar-refractivity contribution >= 4 is 17.3 Å². The van der Waals surface area contributed by atoms with Crippen molar-refractivity contribution in [2.75, 3.05) is 0 Å². The molecule has 0 amide bonds. The molecule has 1 aromatic carbocycles. The van der Waals surface area contributed by atoms with Gasteiger partial charge in [-0.15, -0.1) is 0 Å². The van der Waals surface area contributed by atoms with Gasteiger partial charge in [-0.3, -0.25) is 10.1 Å². The average Bonchev–Trinajstić information content (AvgIpc) is 2.15. The van der Waals surface area contributed by atoms with Crippen LogP contribution in [-0.2, 0) is 0 Å². The third kappa shape index (κ3) is 3.23. The maximum Gasteiger partial charge on any atom is 0.425 e. The standard InChI is InChI=1S/C9H7ClF3NO3/c1-5(9(11,12)13)17-7-4-2-3-6(10)8(7)14(15)16/h2-5H,1H3. The van der Waals surface area contributed by atoms with Crippen LogP contribution in [0.5, 0.6) is 5.75 Å². The van der Waals surface area contributed by atoms with E-state index in [0.29, 0.717) is 0 Å². The van der Waals surface area contributed by atoms with E-state index in [9.17, 15) is 23.3 Å². The fourth-order valence-electron chi connectivity index (χ4n) is 1.03. The van der Waals surface area contributed by atoms with E-state index < -0.39 is 28.6 Å². The van der Waals surface area contributed by atoms with E-state index in [1.165, 1.54) is 12.1 Å². The molecule has 1 unspecified atom stereocenters. The van der Waals surface area contributed by atoms with Crippen molar-refractivity contribution in [3.63, 3.8) is 0 Å². The van der Waals surface area contributed by atoms with Crippen LogP contribution in [0, 0.1) is 10.1 Å². The van der Waals surface area contributed by atoms with Crippen molar-refractivity contribution in [2.45, 2.75) is 19.2 Å². The summed E-state index contributed by atoms with van der Waals surface area (Å²) in [4.78, 5) is 9.75. The van der Waals surface area contributed by atoms with E-state index in [2.05, 4.69) is 4.74 Å². The summed E-state index contributed by atoms with van der Waals surface area (Å²) in [6.07, 6.45) is -6.75. The van der Waals surface area contributed by atoms with Crippen molar-refractivity contribution < 1.29 is 22.8 Å². The molecule has 0 saturated heterocycles. The molecule has 0 aliphatic carbocycles. The minimum Gasteiger partial charge on any atom is -0.474 e. The third-order valence-corrected chi connectivity index (χ3v) is 2.20. The van der Waals surface area contributed by atoms with Gasteiger partial charge < -0.3 is 4.74 Å². The van der Waals surface area contributed by atoms with Crippen LogP contribution in [0.1, 0.15) is 6.92 Å². The lowest BCUT2D eigenvalue weighted by atomic mass is 10.3. The monoisotopic (exact) mass is 269 g/mol. The Labute approximate surface area is 99.1 Å². The lowest BCUT2D eigenvalue weighted by Gasteiger charge is -2.17. The lowest BCUT2D eigenvalue weighted by molar-refractivity contribution is -0.386. The first-order valence-electron chi connectivity index (χ1n) is 4.39. The number of rotatable bonds is 3. The van der Waals surface area contributed by atoms with Crippen LogP contribution in [0.3, 0.4) is 0 Å². The van der Waals surface area contributed by atoms with Gasteiger partial charge in [-0.2, -0.15) is 13.2 Å². The topological polar surface area (TPSA) is 52.4 Å². The number of nitro groups is 1. The van der Waals surface area contributed by atoms with Crippen LogP contribution in [-0.4, -0.2) is 17.2 Å². The largest absolute Gasteiger partial charge is 0.474 e. The Morgan fingerprint density at radius 2 is 2.06 bits per heavy atom. The Bertz CT molecular complexity index is 436. The molecule has 1 atom stereocenters. The maximum atomic E-state index is 12.2. The van der Waals surface area contributed by atoms with E-state index in [-0.39, 0.29) is 5.02 Å². The highest BCUT2D eigenvalue weighted by molar-refractivity contribution is 6.32. The van der Waals surface area contributed by atoms with E-state index in [4.69, 9.17) is 11.6 Å². The molecule has 0 saturated carbocycles. The van der Waals surface area contributed by atoms with Gasteiger partial charge in [-0.1, -0.05) is 17.7 Å². The zero-order valence-electron chi connectivity index (χ0n) is 8.49. The Morgan fingerprint density at radius 3 is 2.53 bits per heavy atom. The van der Waals surface area contributed by atoms with Crippen molar-refractivity contribution in [2.24, 2.45) is 0 Å². The molecule has 0 heterocycles. The number of hydrogen-bond donors (Lipinski definition) is 0. The number of nitrogens with zero attached hydrogens (tertiary/aromatic N) is 1. The number of alkyl halides is 3. The minimum absolute atomic E-state index is 0.276. The second-order valence-corrected chi connectivity index (χ2v) is 3.55. The summed E-state index contributed by atoms with van der Waals surface area (Å²) in [5.74, 6) is -0.507. The second-order valence-electron chi connectivity index (χ2n) is 3.15. The Hall–Kier alpha value is -1.50. The predicted octanol–water partition coefficient (Wildman–Crippen LogP) is 3.58. The third-order valence-electron chi connectivity index (χ3n) is 1.90.